The number of hydrogen-bond donors (Lipinski definition) is 2. The molecule has 0 aliphatic heterocycles. The van der Waals surface area contributed by atoms with Crippen LogP contribution in [0.3, 0.4) is 0 Å². The Morgan fingerprint density at radius 2 is 2.05 bits per heavy atom. The molecule has 0 bridgehead atoms. The maximum absolute atomic E-state index is 12.3. The predicted octanol–water partition coefficient (Wildman–Crippen LogP) is 3.73. The van der Waals surface area contributed by atoms with Crippen molar-refractivity contribution < 1.29 is 4.79 Å². The van der Waals surface area contributed by atoms with Crippen LogP contribution >= 0.6 is 22.6 Å². The molecule has 0 aliphatic carbocycles. The molecule has 3 aromatic rings. The van der Waals surface area contributed by atoms with Gasteiger partial charge in [0.2, 0.25) is 0 Å². The average molecular weight is 377 g/mol. The van der Waals surface area contributed by atoms with Crippen LogP contribution in [-0.4, -0.2) is 16.1 Å². The highest BCUT2D eigenvalue weighted by atomic mass is 127. The Morgan fingerprint density at radius 1 is 1.25 bits per heavy atom. The van der Waals surface area contributed by atoms with Crippen molar-refractivity contribution in [2.24, 2.45) is 0 Å². The van der Waals surface area contributed by atoms with Crippen molar-refractivity contribution in [3.05, 3.63) is 57.3 Å². The van der Waals surface area contributed by atoms with E-state index in [0.29, 0.717) is 5.69 Å². The number of benzene rings is 2. The second-order valence-electron chi connectivity index (χ2n) is 4.54. The summed E-state index contributed by atoms with van der Waals surface area (Å²) < 4.78 is 1.12. The van der Waals surface area contributed by atoms with E-state index in [2.05, 4.69) is 38.1 Å². The smallest absolute Gasteiger partial charge is 0.276 e. The van der Waals surface area contributed by atoms with Gasteiger partial charge in [0.15, 0.2) is 5.69 Å². The molecule has 20 heavy (non-hydrogen) atoms. The van der Waals surface area contributed by atoms with Crippen molar-refractivity contribution in [1.29, 1.82) is 0 Å². The molecule has 0 saturated carbocycles. The van der Waals surface area contributed by atoms with E-state index in [-0.39, 0.29) is 5.91 Å². The molecule has 0 radical (unpaired) electrons. The summed E-state index contributed by atoms with van der Waals surface area (Å²) >= 11 is 2.25. The van der Waals surface area contributed by atoms with Gasteiger partial charge < -0.3 is 5.32 Å². The Balaban J connectivity index is 1.91. The van der Waals surface area contributed by atoms with Crippen LogP contribution in [0.25, 0.3) is 10.9 Å². The summed E-state index contributed by atoms with van der Waals surface area (Å²) in [4.78, 5) is 12.3. The number of carbonyl (C=O) groups is 1. The zero-order valence-electron chi connectivity index (χ0n) is 10.8. The lowest BCUT2D eigenvalue weighted by atomic mass is 10.2. The Labute approximate surface area is 129 Å². The van der Waals surface area contributed by atoms with Crippen LogP contribution in [0.5, 0.6) is 0 Å². The van der Waals surface area contributed by atoms with Crippen LogP contribution < -0.4 is 5.32 Å². The highest BCUT2D eigenvalue weighted by Crippen LogP contribution is 2.19. The summed E-state index contributed by atoms with van der Waals surface area (Å²) in [5.41, 5.74) is 3.23. The lowest BCUT2D eigenvalue weighted by Gasteiger charge is -2.05. The van der Waals surface area contributed by atoms with E-state index in [4.69, 9.17) is 0 Å². The number of aromatic nitrogens is 2. The highest BCUT2D eigenvalue weighted by Gasteiger charge is 2.14. The first kappa shape index (κ1) is 13.1. The van der Waals surface area contributed by atoms with E-state index in [1.807, 2.05) is 49.4 Å². The summed E-state index contributed by atoms with van der Waals surface area (Å²) in [6.45, 7) is 2.04. The summed E-state index contributed by atoms with van der Waals surface area (Å²) in [6, 6.07) is 13.4. The predicted molar refractivity (Wildman–Crippen MR) is 87.9 cm³/mol. The van der Waals surface area contributed by atoms with Crippen LogP contribution in [0, 0.1) is 10.5 Å². The van der Waals surface area contributed by atoms with Crippen LogP contribution in [0.1, 0.15) is 16.1 Å². The molecule has 100 valence electrons. The monoisotopic (exact) mass is 377 g/mol. The minimum absolute atomic E-state index is 0.206. The molecule has 0 saturated heterocycles. The SMILES string of the molecule is Cc1ccc(NC(=O)c2n[nH]c3ccccc23)cc1I. The fourth-order valence-corrected chi connectivity index (χ4v) is 2.51. The van der Waals surface area contributed by atoms with Gasteiger partial charge in [0.1, 0.15) is 0 Å². The quantitative estimate of drug-likeness (QED) is 0.669. The second-order valence-corrected chi connectivity index (χ2v) is 5.70. The number of hydrogen-bond acceptors (Lipinski definition) is 2. The van der Waals surface area contributed by atoms with Gasteiger partial charge in [-0.1, -0.05) is 24.3 Å². The largest absolute Gasteiger partial charge is 0.321 e. The van der Waals surface area contributed by atoms with Crippen molar-refractivity contribution in [2.75, 3.05) is 5.32 Å². The molecule has 0 fully saturated rings. The Hall–Kier alpha value is -1.89. The maximum atomic E-state index is 12.3. The van der Waals surface area contributed by atoms with Crippen molar-refractivity contribution >= 4 is 45.1 Å². The van der Waals surface area contributed by atoms with E-state index in [1.54, 1.807) is 0 Å². The van der Waals surface area contributed by atoms with Gasteiger partial charge in [0, 0.05) is 14.6 Å². The average Bonchev–Trinajstić information content (AvgIpc) is 2.87. The van der Waals surface area contributed by atoms with Crippen molar-refractivity contribution in [3.8, 4) is 0 Å². The Kier molecular flexibility index (Phi) is 3.43. The molecule has 1 amide bonds. The zero-order chi connectivity index (χ0) is 14.1. The van der Waals surface area contributed by atoms with Crippen LogP contribution in [0.15, 0.2) is 42.5 Å². The zero-order valence-corrected chi connectivity index (χ0v) is 12.9. The van der Waals surface area contributed by atoms with Gasteiger partial charge in [-0.05, 0) is 53.3 Å². The van der Waals surface area contributed by atoms with E-state index in [1.165, 1.54) is 5.56 Å². The van der Waals surface area contributed by atoms with Crippen molar-refractivity contribution in [1.82, 2.24) is 10.2 Å². The summed E-state index contributed by atoms with van der Waals surface area (Å²) in [5.74, 6) is -0.206. The second kappa shape index (κ2) is 5.24. The number of nitrogens with zero attached hydrogens (tertiary/aromatic N) is 1. The molecule has 2 N–H and O–H groups in total. The van der Waals surface area contributed by atoms with Gasteiger partial charge in [-0.25, -0.2) is 0 Å². The molecule has 0 aliphatic rings. The van der Waals surface area contributed by atoms with Gasteiger partial charge in [-0.2, -0.15) is 5.10 Å². The third-order valence-electron chi connectivity index (χ3n) is 3.12. The number of anilines is 1. The molecule has 0 spiro atoms. The standard InChI is InChI=1S/C15H12IN3O/c1-9-6-7-10(8-12(9)16)17-15(20)14-11-4-2-3-5-13(11)18-19-14/h2-8H,1H3,(H,17,20)(H,18,19). The molecule has 4 nitrogen and oxygen atoms in total. The number of fused-ring (bicyclic) bond motifs is 1. The number of H-pyrrole nitrogens is 1. The van der Waals surface area contributed by atoms with Crippen LogP contribution in [0.4, 0.5) is 5.69 Å². The number of aromatic amines is 1. The highest BCUT2D eigenvalue weighted by molar-refractivity contribution is 14.1. The third-order valence-corrected chi connectivity index (χ3v) is 4.28. The van der Waals surface area contributed by atoms with Crippen molar-refractivity contribution in [2.45, 2.75) is 6.92 Å². The van der Waals surface area contributed by atoms with E-state index in [9.17, 15) is 4.79 Å². The fraction of sp³-hybridized carbons (Fsp3) is 0.0667. The topological polar surface area (TPSA) is 57.8 Å². The van der Waals surface area contributed by atoms with Gasteiger partial charge in [0.25, 0.3) is 5.91 Å². The molecule has 1 heterocycles. The summed E-state index contributed by atoms with van der Waals surface area (Å²) in [6.07, 6.45) is 0. The normalized spacial score (nSPS) is 10.7. The lowest BCUT2D eigenvalue weighted by Crippen LogP contribution is -2.13. The van der Waals surface area contributed by atoms with Crippen LogP contribution in [0.2, 0.25) is 0 Å². The first-order chi connectivity index (χ1) is 9.65. The molecule has 1 aromatic heterocycles. The number of carbonyl (C=O) groups excluding carboxylic acids is 1. The minimum Gasteiger partial charge on any atom is -0.321 e. The molecular weight excluding hydrogens is 365 g/mol. The lowest BCUT2D eigenvalue weighted by molar-refractivity contribution is 0.102. The van der Waals surface area contributed by atoms with Crippen LogP contribution in [-0.2, 0) is 0 Å². The minimum atomic E-state index is -0.206. The number of halogens is 1. The van der Waals surface area contributed by atoms with Crippen molar-refractivity contribution in [3.63, 3.8) is 0 Å². The number of rotatable bonds is 2. The molecule has 3 rings (SSSR count). The number of nitrogens with one attached hydrogen (secondary N) is 2. The van der Waals surface area contributed by atoms with Gasteiger partial charge in [-0.3, -0.25) is 9.89 Å². The third kappa shape index (κ3) is 2.40. The molecular formula is C15H12IN3O. The number of aryl methyl sites for hydroxylation is 1. The summed E-state index contributed by atoms with van der Waals surface area (Å²) in [5, 5.41) is 10.7. The number of amides is 1. The Bertz CT molecular complexity index is 795. The molecule has 0 atom stereocenters. The Morgan fingerprint density at radius 3 is 2.85 bits per heavy atom. The van der Waals surface area contributed by atoms with E-state index >= 15 is 0 Å². The van der Waals surface area contributed by atoms with Gasteiger partial charge >= 0.3 is 0 Å². The number of para-hydroxylation sites is 1. The molecule has 0 unspecified atom stereocenters. The molecule has 2 aromatic carbocycles. The van der Waals surface area contributed by atoms with Gasteiger partial charge in [0.05, 0.1) is 5.52 Å². The van der Waals surface area contributed by atoms with Gasteiger partial charge in [-0.15, -0.1) is 0 Å². The fourth-order valence-electron chi connectivity index (χ4n) is 2.00. The van der Waals surface area contributed by atoms with E-state index < -0.39 is 0 Å². The first-order valence-electron chi connectivity index (χ1n) is 6.16. The first-order valence-corrected chi connectivity index (χ1v) is 7.23. The maximum Gasteiger partial charge on any atom is 0.276 e. The summed E-state index contributed by atoms with van der Waals surface area (Å²) in [7, 11) is 0. The molecule has 5 heteroatoms. The van der Waals surface area contributed by atoms with E-state index in [0.717, 1.165) is 20.2 Å².